The molecule has 0 spiro atoms. The van der Waals surface area contributed by atoms with E-state index in [-0.39, 0.29) is 12.1 Å². The maximum absolute atomic E-state index is 13.2. The number of hydrogen-bond donors (Lipinski definition) is 1. The van der Waals surface area contributed by atoms with Crippen LogP contribution in [0.3, 0.4) is 0 Å². The van der Waals surface area contributed by atoms with Crippen molar-refractivity contribution >= 4 is 5.91 Å². The van der Waals surface area contributed by atoms with Gasteiger partial charge in [-0.05, 0) is 31.0 Å². The Morgan fingerprint density at radius 3 is 2.43 bits per heavy atom. The maximum atomic E-state index is 13.2. The summed E-state index contributed by atoms with van der Waals surface area (Å²) in [6.45, 7) is 1.21. The summed E-state index contributed by atoms with van der Waals surface area (Å²) < 4.78 is 50.6. The van der Waals surface area contributed by atoms with Crippen molar-refractivity contribution in [2.24, 2.45) is 0 Å². The van der Waals surface area contributed by atoms with E-state index >= 15 is 0 Å². The van der Waals surface area contributed by atoms with Gasteiger partial charge >= 0.3 is 6.18 Å². The molecule has 0 aromatic heterocycles. The van der Waals surface area contributed by atoms with Gasteiger partial charge in [-0.2, -0.15) is 13.2 Å². The largest absolute Gasteiger partial charge is 0.496 e. The molecule has 1 amide bonds. The first kappa shape index (κ1) is 20.2. The van der Waals surface area contributed by atoms with Crippen molar-refractivity contribution in [2.45, 2.75) is 24.4 Å². The average molecular weight is 393 g/mol. The van der Waals surface area contributed by atoms with E-state index in [2.05, 4.69) is 5.32 Å². The van der Waals surface area contributed by atoms with Gasteiger partial charge in [0.2, 0.25) is 0 Å². The minimum Gasteiger partial charge on any atom is -0.496 e. The summed E-state index contributed by atoms with van der Waals surface area (Å²) in [6, 6.07) is 12.3. The highest BCUT2D eigenvalue weighted by Gasteiger charge is 2.38. The standard InChI is InChI=1S/C21H22F3NO3/c1-27-18-9-5-4-8-17(18)20(10-12-28-13-11-20)14-25-19(26)15-6-2-3-7-16(15)21(22,23)24/h2-9H,10-14H2,1H3,(H,25,26). The number of hydrogen-bond acceptors (Lipinski definition) is 3. The van der Waals surface area contributed by atoms with Gasteiger partial charge in [0.25, 0.3) is 5.91 Å². The van der Waals surface area contributed by atoms with Gasteiger partial charge in [-0.25, -0.2) is 0 Å². The number of benzene rings is 2. The molecule has 28 heavy (non-hydrogen) atoms. The van der Waals surface area contributed by atoms with E-state index in [1.807, 2.05) is 24.3 Å². The quantitative estimate of drug-likeness (QED) is 0.829. The first-order valence-electron chi connectivity index (χ1n) is 9.03. The predicted molar refractivity (Wildman–Crippen MR) is 98.5 cm³/mol. The van der Waals surface area contributed by atoms with Crippen molar-refractivity contribution in [3.63, 3.8) is 0 Å². The topological polar surface area (TPSA) is 47.6 Å². The molecule has 2 aromatic carbocycles. The van der Waals surface area contributed by atoms with Crippen molar-refractivity contribution in [2.75, 3.05) is 26.9 Å². The smallest absolute Gasteiger partial charge is 0.417 e. The number of amides is 1. The molecule has 0 atom stereocenters. The molecule has 4 nitrogen and oxygen atoms in total. The van der Waals surface area contributed by atoms with E-state index in [4.69, 9.17) is 9.47 Å². The van der Waals surface area contributed by atoms with E-state index in [0.717, 1.165) is 11.6 Å². The molecule has 3 rings (SSSR count). The average Bonchev–Trinajstić information content (AvgIpc) is 2.72. The van der Waals surface area contributed by atoms with Crippen molar-refractivity contribution in [1.29, 1.82) is 0 Å². The Bertz CT molecular complexity index is 830. The Morgan fingerprint density at radius 2 is 1.75 bits per heavy atom. The molecule has 1 aliphatic rings. The lowest BCUT2D eigenvalue weighted by atomic mass is 9.73. The van der Waals surface area contributed by atoms with E-state index in [1.165, 1.54) is 18.2 Å². The zero-order valence-electron chi connectivity index (χ0n) is 15.5. The lowest BCUT2D eigenvalue weighted by Crippen LogP contribution is -2.45. The van der Waals surface area contributed by atoms with E-state index < -0.39 is 23.1 Å². The highest BCUT2D eigenvalue weighted by molar-refractivity contribution is 5.96. The van der Waals surface area contributed by atoms with Gasteiger partial charge in [-0.15, -0.1) is 0 Å². The van der Waals surface area contributed by atoms with E-state index in [9.17, 15) is 18.0 Å². The van der Waals surface area contributed by atoms with Crippen LogP contribution in [0, 0.1) is 0 Å². The second-order valence-corrected chi connectivity index (χ2v) is 6.82. The molecule has 0 saturated carbocycles. The third kappa shape index (κ3) is 4.14. The Balaban J connectivity index is 1.87. The van der Waals surface area contributed by atoms with Crippen LogP contribution in [0.15, 0.2) is 48.5 Å². The van der Waals surface area contributed by atoms with Crippen LogP contribution in [0.2, 0.25) is 0 Å². The fourth-order valence-corrected chi connectivity index (χ4v) is 3.66. The minimum atomic E-state index is -4.59. The molecule has 1 saturated heterocycles. The van der Waals surface area contributed by atoms with Crippen LogP contribution in [0.1, 0.15) is 34.3 Å². The summed E-state index contributed by atoms with van der Waals surface area (Å²) in [7, 11) is 1.57. The molecular weight excluding hydrogens is 371 g/mol. The van der Waals surface area contributed by atoms with Gasteiger partial charge < -0.3 is 14.8 Å². The van der Waals surface area contributed by atoms with Crippen molar-refractivity contribution in [3.05, 3.63) is 65.2 Å². The summed E-state index contributed by atoms with van der Waals surface area (Å²) >= 11 is 0. The highest BCUT2D eigenvalue weighted by atomic mass is 19.4. The van der Waals surface area contributed by atoms with Crippen LogP contribution in [-0.4, -0.2) is 32.8 Å². The molecule has 0 unspecified atom stereocenters. The van der Waals surface area contributed by atoms with Crippen LogP contribution >= 0.6 is 0 Å². The molecule has 150 valence electrons. The Labute approximate surface area is 161 Å². The van der Waals surface area contributed by atoms with Gasteiger partial charge in [0, 0.05) is 30.7 Å². The summed E-state index contributed by atoms with van der Waals surface area (Å²) in [5, 5.41) is 2.72. The maximum Gasteiger partial charge on any atom is 0.417 e. The molecule has 0 bridgehead atoms. The van der Waals surface area contributed by atoms with Gasteiger partial charge in [-0.1, -0.05) is 30.3 Å². The minimum absolute atomic E-state index is 0.196. The van der Waals surface area contributed by atoms with Crippen molar-refractivity contribution in [1.82, 2.24) is 5.32 Å². The van der Waals surface area contributed by atoms with Crippen LogP contribution in [-0.2, 0) is 16.3 Å². The van der Waals surface area contributed by atoms with E-state index in [0.29, 0.717) is 31.8 Å². The number of ether oxygens (including phenoxy) is 2. The summed E-state index contributed by atoms with van der Waals surface area (Å²) in [5.41, 5.74) is -0.860. The van der Waals surface area contributed by atoms with Crippen LogP contribution in [0.25, 0.3) is 0 Å². The molecular formula is C21H22F3NO3. The molecule has 1 fully saturated rings. The number of carbonyl (C=O) groups is 1. The van der Waals surface area contributed by atoms with Gasteiger partial charge in [0.05, 0.1) is 18.2 Å². The first-order valence-corrected chi connectivity index (χ1v) is 9.03. The number of halogens is 3. The van der Waals surface area contributed by atoms with Gasteiger partial charge in [0.15, 0.2) is 0 Å². The van der Waals surface area contributed by atoms with Crippen molar-refractivity contribution < 1.29 is 27.4 Å². The predicted octanol–water partition coefficient (Wildman–Crippen LogP) is 4.19. The normalized spacial score (nSPS) is 16.4. The number of rotatable bonds is 5. The Hall–Kier alpha value is -2.54. The molecule has 1 N–H and O–H groups in total. The second kappa shape index (κ2) is 8.22. The van der Waals surface area contributed by atoms with Gasteiger partial charge in [0.1, 0.15) is 5.75 Å². The molecule has 0 radical (unpaired) electrons. The molecule has 1 heterocycles. The third-order valence-electron chi connectivity index (χ3n) is 5.19. The second-order valence-electron chi connectivity index (χ2n) is 6.82. The molecule has 2 aromatic rings. The van der Waals surface area contributed by atoms with E-state index in [1.54, 1.807) is 7.11 Å². The lowest BCUT2D eigenvalue weighted by molar-refractivity contribution is -0.137. The number of para-hydroxylation sites is 1. The van der Waals surface area contributed by atoms with Gasteiger partial charge in [-0.3, -0.25) is 4.79 Å². The van der Waals surface area contributed by atoms with Crippen LogP contribution < -0.4 is 10.1 Å². The molecule has 1 aliphatic heterocycles. The number of methoxy groups -OCH3 is 1. The fourth-order valence-electron chi connectivity index (χ4n) is 3.66. The zero-order valence-corrected chi connectivity index (χ0v) is 15.5. The third-order valence-corrected chi connectivity index (χ3v) is 5.19. The number of alkyl halides is 3. The number of nitrogens with one attached hydrogen (secondary N) is 1. The zero-order chi connectivity index (χ0) is 20.2. The fraction of sp³-hybridized carbons (Fsp3) is 0.381. The molecule has 0 aliphatic carbocycles. The Morgan fingerprint density at radius 1 is 1.11 bits per heavy atom. The monoisotopic (exact) mass is 393 g/mol. The summed E-state index contributed by atoms with van der Waals surface area (Å²) in [6.07, 6.45) is -3.32. The summed E-state index contributed by atoms with van der Waals surface area (Å²) in [5.74, 6) is -0.0527. The number of carbonyl (C=O) groups excluding carboxylic acids is 1. The van der Waals surface area contributed by atoms with Crippen molar-refractivity contribution in [3.8, 4) is 5.75 Å². The first-order chi connectivity index (χ1) is 13.4. The van der Waals surface area contributed by atoms with Crippen LogP contribution in [0.5, 0.6) is 5.75 Å². The van der Waals surface area contributed by atoms with Crippen LogP contribution in [0.4, 0.5) is 13.2 Å². The SMILES string of the molecule is COc1ccccc1C1(CNC(=O)c2ccccc2C(F)(F)F)CCOCC1. The lowest BCUT2D eigenvalue weighted by Gasteiger charge is -2.38. The highest BCUT2D eigenvalue weighted by Crippen LogP contribution is 2.39. The summed E-state index contributed by atoms with van der Waals surface area (Å²) in [4.78, 5) is 12.6. The molecule has 7 heteroatoms. The Kier molecular flexibility index (Phi) is 5.93.